The Morgan fingerprint density at radius 1 is 1.20 bits per heavy atom. The molecule has 1 unspecified atom stereocenters. The molecule has 0 saturated carbocycles. The van der Waals surface area contributed by atoms with Crippen LogP contribution in [-0.4, -0.2) is 24.7 Å². The molecule has 20 heavy (non-hydrogen) atoms. The van der Waals surface area contributed by atoms with Crippen LogP contribution in [0.1, 0.15) is 17.4 Å². The average Bonchev–Trinajstić information content (AvgIpc) is 2.48. The van der Waals surface area contributed by atoms with Gasteiger partial charge in [0.2, 0.25) is 0 Å². The van der Waals surface area contributed by atoms with Crippen LogP contribution in [0, 0.1) is 6.92 Å². The Bertz CT molecular complexity index is 603. The first kappa shape index (κ1) is 13.6. The molecule has 1 aliphatic heterocycles. The van der Waals surface area contributed by atoms with E-state index in [0.29, 0.717) is 0 Å². The number of morpholine rings is 1. The highest BCUT2D eigenvalue weighted by Crippen LogP contribution is 2.30. The highest BCUT2D eigenvalue weighted by molar-refractivity contribution is 9.10. The van der Waals surface area contributed by atoms with E-state index in [-0.39, 0.29) is 6.10 Å². The van der Waals surface area contributed by atoms with Crippen LogP contribution >= 0.6 is 15.9 Å². The molecular formula is C16H17BrN2O. The molecule has 1 saturated heterocycles. The number of ether oxygens (including phenoxy) is 1. The summed E-state index contributed by atoms with van der Waals surface area (Å²) in [7, 11) is 0. The van der Waals surface area contributed by atoms with E-state index in [1.54, 1.807) is 0 Å². The van der Waals surface area contributed by atoms with Crippen molar-refractivity contribution in [3.8, 4) is 0 Å². The van der Waals surface area contributed by atoms with Crippen molar-refractivity contribution in [3.05, 3.63) is 58.2 Å². The van der Waals surface area contributed by atoms with Gasteiger partial charge in [-0.1, -0.05) is 40.2 Å². The van der Waals surface area contributed by atoms with Crippen molar-refractivity contribution in [2.45, 2.75) is 13.0 Å². The minimum absolute atomic E-state index is 0.0848. The predicted octanol–water partition coefficient (Wildman–Crippen LogP) is 3.73. The molecule has 1 aromatic heterocycles. The van der Waals surface area contributed by atoms with Crippen LogP contribution in [0.2, 0.25) is 0 Å². The quantitative estimate of drug-likeness (QED) is 0.837. The van der Waals surface area contributed by atoms with Gasteiger partial charge in [-0.05, 0) is 30.7 Å². The SMILES string of the molecule is Cc1cccc(N2CCOC(c3ccccc3Br)C2)n1. The number of aryl methyl sites for hydroxylation is 1. The number of pyridine rings is 1. The second-order valence-electron chi connectivity index (χ2n) is 4.96. The molecule has 1 aromatic carbocycles. The van der Waals surface area contributed by atoms with Crippen molar-refractivity contribution in [1.29, 1.82) is 0 Å². The van der Waals surface area contributed by atoms with Crippen LogP contribution in [0.5, 0.6) is 0 Å². The largest absolute Gasteiger partial charge is 0.370 e. The van der Waals surface area contributed by atoms with E-state index in [9.17, 15) is 0 Å². The van der Waals surface area contributed by atoms with Crippen LogP contribution in [0.25, 0.3) is 0 Å². The highest BCUT2D eigenvalue weighted by atomic mass is 79.9. The third kappa shape index (κ3) is 2.86. The number of rotatable bonds is 2. The van der Waals surface area contributed by atoms with Crippen molar-refractivity contribution >= 4 is 21.7 Å². The smallest absolute Gasteiger partial charge is 0.128 e. The summed E-state index contributed by atoms with van der Waals surface area (Å²) in [6.07, 6.45) is 0.0848. The van der Waals surface area contributed by atoms with Crippen molar-refractivity contribution < 1.29 is 4.74 Å². The van der Waals surface area contributed by atoms with Gasteiger partial charge in [-0.15, -0.1) is 0 Å². The van der Waals surface area contributed by atoms with Crippen LogP contribution in [0.3, 0.4) is 0 Å². The zero-order valence-corrected chi connectivity index (χ0v) is 13.0. The molecule has 1 aliphatic rings. The molecule has 3 rings (SSSR count). The molecule has 3 nitrogen and oxygen atoms in total. The molecule has 0 bridgehead atoms. The Morgan fingerprint density at radius 2 is 2.05 bits per heavy atom. The van der Waals surface area contributed by atoms with Gasteiger partial charge in [0, 0.05) is 23.3 Å². The first-order valence-electron chi connectivity index (χ1n) is 6.78. The van der Waals surface area contributed by atoms with Gasteiger partial charge < -0.3 is 9.64 Å². The molecule has 1 atom stereocenters. The Kier molecular flexibility index (Phi) is 4.03. The maximum absolute atomic E-state index is 5.93. The van der Waals surface area contributed by atoms with Gasteiger partial charge in [0.15, 0.2) is 0 Å². The fraction of sp³-hybridized carbons (Fsp3) is 0.312. The minimum atomic E-state index is 0.0848. The summed E-state index contributed by atoms with van der Waals surface area (Å²) in [6.45, 7) is 4.47. The summed E-state index contributed by atoms with van der Waals surface area (Å²) in [6, 6.07) is 14.4. The van der Waals surface area contributed by atoms with E-state index in [0.717, 1.165) is 35.7 Å². The summed E-state index contributed by atoms with van der Waals surface area (Å²) in [5, 5.41) is 0. The lowest BCUT2D eigenvalue weighted by atomic mass is 10.1. The molecular weight excluding hydrogens is 316 g/mol. The van der Waals surface area contributed by atoms with Crippen LogP contribution in [0.15, 0.2) is 46.9 Å². The summed E-state index contributed by atoms with van der Waals surface area (Å²) in [5.41, 5.74) is 2.25. The highest BCUT2D eigenvalue weighted by Gasteiger charge is 2.24. The average molecular weight is 333 g/mol. The zero-order valence-electron chi connectivity index (χ0n) is 11.4. The standard InChI is InChI=1S/C16H17BrN2O/c1-12-5-4-8-16(18-12)19-9-10-20-15(11-19)13-6-2-3-7-14(13)17/h2-8,15H,9-11H2,1H3. The van der Waals surface area contributed by atoms with Crippen molar-refractivity contribution in [3.63, 3.8) is 0 Å². The summed E-state index contributed by atoms with van der Waals surface area (Å²) >= 11 is 3.61. The molecule has 2 aromatic rings. The molecule has 1 fully saturated rings. The summed E-state index contributed by atoms with van der Waals surface area (Å²) in [4.78, 5) is 6.90. The Balaban J connectivity index is 1.82. The molecule has 0 amide bonds. The topological polar surface area (TPSA) is 25.4 Å². The van der Waals surface area contributed by atoms with Crippen LogP contribution < -0.4 is 4.90 Å². The van der Waals surface area contributed by atoms with Crippen LogP contribution in [0.4, 0.5) is 5.82 Å². The second kappa shape index (κ2) is 5.94. The number of hydrogen-bond acceptors (Lipinski definition) is 3. The van der Waals surface area contributed by atoms with Crippen molar-refractivity contribution in [1.82, 2.24) is 4.98 Å². The molecule has 0 aliphatic carbocycles. The monoisotopic (exact) mass is 332 g/mol. The van der Waals surface area contributed by atoms with Crippen LogP contribution in [-0.2, 0) is 4.74 Å². The van der Waals surface area contributed by atoms with Gasteiger partial charge in [-0.2, -0.15) is 0 Å². The number of benzene rings is 1. The second-order valence-corrected chi connectivity index (χ2v) is 5.82. The van der Waals surface area contributed by atoms with E-state index >= 15 is 0 Å². The molecule has 4 heteroatoms. The number of nitrogens with zero attached hydrogens (tertiary/aromatic N) is 2. The zero-order chi connectivity index (χ0) is 13.9. The van der Waals surface area contributed by atoms with E-state index < -0.39 is 0 Å². The van der Waals surface area contributed by atoms with Gasteiger partial charge >= 0.3 is 0 Å². The van der Waals surface area contributed by atoms with Crippen molar-refractivity contribution in [2.75, 3.05) is 24.6 Å². The lowest BCUT2D eigenvalue weighted by molar-refractivity contribution is 0.0391. The maximum atomic E-state index is 5.93. The third-order valence-electron chi connectivity index (χ3n) is 3.52. The number of anilines is 1. The molecule has 0 radical (unpaired) electrons. The Morgan fingerprint density at radius 3 is 2.85 bits per heavy atom. The Hall–Kier alpha value is -1.39. The molecule has 2 heterocycles. The third-order valence-corrected chi connectivity index (χ3v) is 4.24. The minimum Gasteiger partial charge on any atom is -0.370 e. The number of halogens is 1. The fourth-order valence-electron chi connectivity index (χ4n) is 2.49. The van der Waals surface area contributed by atoms with Gasteiger partial charge in [0.25, 0.3) is 0 Å². The van der Waals surface area contributed by atoms with Gasteiger partial charge in [0.1, 0.15) is 11.9 Å². The Labute approximate surface area is 127 Å². The summed E-state index contributed by atoms with van der Waals surface area (Å²) < 4.78 is 7.03. The van der Waals surface area contributed by atoms with E-state index in [4.69, 9.17) is 4.74 Å². The normalized spacial score (nSPS) is 19.1. The van der Waals surface area contributed by atoms with Gasteiger partial charge in [-0.3, -0.25) is 0 Å². The van der Waals surface area contributed by atoms with Crippen molar-refractivity contribution in [2.24, 2.45) is 0 Å². The van der Waals surface area contributed by atoms with Gasteiger partial charge in [0.05, 0.1) is 6.61 Å². The number of hydrogen-bond donors (Lipinski definition) is 0. The summed E-state index contributed by atoms with van der Waals surface area (Å²) in [5.74, 6) is 1.03. The first-order chi connectivity index (χ1) is 9.74. The maximum Gasteiger partial charge on any atom is 0.128 e. The number of aromatic nitrogens is 1. The lowest BCUT2D eigenvalue weighted by Gasteiger charge is -2.34. The van der Waals surface area contributed by atoms with E-state index in [1.807, 2.05) is 25.1 Å². The predicted molar refractivity (Wildman–Crippen MR) is 84.0 cm³/mol. The molecule has 0 spiro atoms. The lowest BCUT2D eigenvalue weighted by Crippen LogP contribution is -2.39. The van der Waals surface area contributed by atoms with E-state index in [2.05, 4.69) is 50.1 Å². The van der Waals surface area contributed by atoms with Gasteiger partial charge in [-0.25, -0.2) is 4.98 Å². The first-order valence-corrected chi connectivity index (χ1v) is 7.58. The molecule has 0 N–H and O–H groups in total. The fourth-order valence-corrected chi connectivity index (χ4v) is 3.03. The molecule has 104 valence electrons. The van der Waals surface area contributed by atoms with E-state index in [1.165, 1.54) is 5.56 Å².